The first-order valence-electron chi connectivity index (χ1n) is 8.34. The van der Waals surface area contributed by atoms with Gasteiger partial charge >= 0.3 is 0 Å². The van der Waals surface area contributed by atoms with Crippen molar-refractivity contribution in [2.75, 3.05) is 6.54 Å². The van der Waals surface area contributed by atoms with Gasteiger partial charge in [-0.05, 0) is 44.4 Å². The summed E-state index contributed by atoms with van der Waals surface area (Å²) < 4.78 is 0. The molecular weight excluding hydrogens is 298 g/mol. The minimum Gasteiger partial charge on any atom is -0.548 e. The Hall–Kier alpha value is -1.63. The maximum Gasteiger partial charge on any atom is 0.277 e. The normalized spacial score (nSPS) is 23.9. The maximum atomic E-state index is 12.2. The summed E-state index contributed by atoms with van der Waals surface area (Å²) in [6.07, 6.45) is 3.12. The molecule has 0 radical (unpaired) electrons. The van der Waals surface area contributed by atoms with Crippen molar-refractivity contribution in [3.8, 4) is 0 Å². The molecule has 0 aromatic carbocycles. The van der Waals surface area contributed by atoms with Crippen LogP contribution in [0.1, 0.15) is 46.5 Å². The summed E-state index contributed by atoms with van der Waals surface area (Å²) in [7, 11) is 0. The fourth-order valence-corrected chi connectivity index (χ4v) is 2.82. The lowest BCUT2D eigenvalue weighted by atomic mass is 9.81. The molecule has 7 heteroatoms. The Bertz CT molecular complexity index is 429. The number of hydrogen-bond donors (Lipinski definition) is 3. The largest absolute Gasteiger partial charge is 0.548 e. The highest BCUT2D eigenvalue weighted by Crippen LogP contribution is 2.28. The molecule has 0 aromatic rings. The van der Waals surface area contributed by atoms with E-state index in [2.05, 4.69) is 16.4 Å². The summed E-state index contributed by atoms with van der Waals surface area (Å²) in [5, 5.41) is 16.5. The smallest absolute Gasteiger partial charge is 0.277 e. The van der Waals surface area contributed by atoms with Gasteiger partial charge in [0.15, 0.2) is 6.04 Å². The molecule has 0 saturated heterocycles. The average molecular weight is 327 g/mol. The van der Waals surface area contributed by atoms with Gasteiger partial charge in [-0.15, -0.1) is 0 Å². The zero-order valence-electron chi connectivity index (χ0n) is 14.3. The molecule has 2 atom stereocenters. The Morgan fingerprint density at radius 3 is 2.13 bits per heavy atom. The predicted octanol–water partition coefficient (Wildman–Crippen LogP) is -1.57. The van der Waals surface area contributed by atoms with E-state index in [1.54, 1.807) is 20.8 Å². The molecule has 0 bridgehead atoms. The van der Waals surface area contributed by atoms with E-state index in [-0.39, 0.29) is 29.7 Å². The van der Waals surface area contributed by atoms with Crippen LogP contribution in [0.2, 0.25) is 0 Å². The van der Waals surface area contributed by atoms with Gasteiger partial charge in [0.25, 0.3) is 5.91 Å². The van der Waals surface area contributed by atoms with E-state index >= 15 is 0 Å². The number of carbonyl (C=O) groups is 3. The third-order valence-electron chi connectivity index (χ3n) is 4.45. The van der Waals surface area contributed by atoms with Crippen molar-refractivity contribution in [1.82, 2.24) is 10.6 Å². The molecule has 2 amide bonds. The Labute approximate surface area is 137 Å². The number of carboxylic acid groups (broad SMARTS) is 1. The van der Waals surface area contributed by atoms with Crippen molar-refractivity contribution in [1.29, 1.82) is 0 Å². The number of aliphatic carboxylic acids is 1. The van der Waals surface area contributed by atoms with E-state index in [4.69, 9.17) is 0 Å². The molecule has 0 aromatic heterocycles. The maximum absolute atomic E-state index is 12.2. The molecule has 1 rings (SSSR count). The van der Waals surface area contributed by atoms with Gasteiger partial charge in [-0.2, -0.15) is 0 Å². The Balaban J connectivity index is 2.39. The molecule has 0 spiro atoms. The fraction of sp³-hybridized carbons (Fsp3) is 0.812. The Kier molecular flexibility index (Phi) is 7.48. The summed E-state index contributed by atoms with van der Waals surface area (Å²) in [5.41, 5.74) is 3.68. The van der Waals surface area contributed by atoms with Crippen molar-refractivity contribution in [2.45, 2.75) is 58.5 Å². The minimum absolute atomic E-state index is 0.0569. The summed E-state index contributed by atoms with van der Waals surface area (Å²) in [6.45, 7) is 5.84. The van der Waals surface area contributed by atoms with Gasteiger partial charge in [-0.3, -0.25) is 9.59 Å². The monoisotopic (exact) mass is 327 g/mol. The summed E-state index contributed by atoms with van der Waals surface area (Å²) in [4.78, 5) is 34.8. The highest BCUT2D eigenvalue weighted by molar-refractivity contribution is 5.84. The van der Waals surface area contributed by atoms with Crippen LogP contribution in [0.3, 0.4) is 0 Å². The first-order chi connectivity index (χ1) is 10.7. The Morgan fingerprint density at radius 2 is 1.70 bits per heavy atom. The fourth-order valence-electron chi connectivity index (χ4n) is 2.82. The van der Waals surface area contributed by atoms with E-state index in [9.17, 15) is 19.5 Å². The molecule has 0 unspecified atom stereocenters. The number of nitrogens with one attached hydrogen (secondary N) is 2. The number of quaternary nitrogens is 1. The molecule has 1 saturated carbocycles. The van der Waals surface area contributed by atoms with E-state index in [1.165, 1.54) is 0 Å². The Morgan fingerprint density at radius 1 is 1.13 bits per heavy atom. The molecule has 1 aliphatic rings. The minimum atomic E-state index is -1.24. The summed E-state index contributed by atoms with van der Waals surface area (Å²) in [5.74, 6) is -1.51. The topological polar surface area (TPSA) is 126 Å². The summed E-state index contributed by atoms with van der Waals surface area (Å²) >= 11 is 0. The van der Waals surface area contributed by atoms with E-state index < -0.39 is 12.0 Å². The van der Waals surface area contributed by atoms with Crippen LogP contribution in [0.15, 0.2) is 0 Å². The van der Waals surface area contributed by atoms with E-state index in [0.717, 1.165) is 12.8 Å². The van der Waals surface area contributed by atoms with Gasteiger partial charge in [0, 0.05) is 12.5 Å². The van der Waals surface area contributed by atoms with E-state index in [1.807, 2.05) is 0 Å². The van der Waals surface area contributed by atoms with Crippen LogP contribution in [-0.2, 0) is 14.4 Å². The van der Waals surface area contributed by atoms with Gasteiger partial charge < -0.3 is 26.3 Å². The second-order valence-electron chi connectivity index (χ2n) is 6.91. The molecule has 23 heavy (non-hydrogen) atoms. The van der Waals surface area contributed by atoms with Crippen molar-refractivity contribution < 1.29 is 25.2 Å². The SMILES string of the molecule is CC(C)[C@H](NC(=O)C1CCC(CNC(=O)[C@@H](C)[NH3+])CC1)C(=O)[O-]. The molecule has 0 aliphatic heterocycles. The van der Waals surface area contributed by atoms with Crippen LogP contribution in [0.5, 0.6) is 0 Å². The van der Waals surface area contributed by atoms with Crippen molar-refractivity contribution in [3.05, 3.63) is 0 Å². The van der Waals surface area contributed by atoms with E-state index in [0.29, 0.717) is 25.3 Å². The van der Waals surface area contributed by atoms with Crippen LogP contribution in [-0.4, -0.2) is 36.4 Å². The van der Waals surface area contributed by atoms with Crippen LogP contribution in [0.4, 0.5) is 0 Å². The molecule has 1 fully saturated rings. The summed E-state index contributed by atoms with van der Waals surface area (Å²) in [6, 6.07) is -1.22. The second kappa shape index (κ2) is 8.86. The van der Waals surface area contributed by atoms with Crippen molar-refractivity contribution >= 4 is 17.8 Å². The third-order valence-corrected chi connectivity index (χ3v) is 4.45. The van der Waals surface area contributed by atoms with Crippen LogP contribution >= 0.6 is 0 Å². The van der Waals surface area contributed by atoms with Gasteiger partial charge in [0.1, 0.15) is 0 Å². The predicted molar refractivity (Wildman–Crippen MR) is 82.6 cm³/mol. The molecular formula is C16H29N3O4. The number of carboxylic acids is 1. The third kappa shape index (κ3) is 6.17. The number of carbonyl (C=O) groups excluding carboxylic acids is 3. The molecule has 132 valence electrons. The molecule has 5 N–H and O–H groups in total. The first-order valence-corrected chi connectivity index (χ1v) is 8.34. The lowest BCUT2D eigenvalue weighted by Crippen LogP contribution is -2.66. The van der Waals surface area contributed by atoms with Gasteiger partial charge in [-0.25, -0.2) is 0 Å². The van der Waals surface area contributed by atoms with Crippen molar-refractivity contribution in [3.63, 3.8) is 0 Å². The van der Waals surface area contributed by atoms with Crippen molar-refractivity contribution in [2.24, 2.45) is 17.8 Å². The highest BCUT2D eigenvalue weighted by atomic mass is 16.4. The highest BCUT2D eigenvalue weighted by Gasteiger charge is 2.28. The second-order valence-corrected chi connectivity index (χ2v) is 6.91. The number of rotatable bonds is 7. The van der Waals surface area contributed by atoms with Crippen LogP contribution < -0.4 is 21.5 Å². The zero-order chi connectivity index (χ0) is 17.6. The van der Waals surface area contributed by atoms with Gasteiger partial charge in [-0.1, -0.05) is 13.8 Å². The van der Waals surface area contributed by atoms with Gasteiger partial charge in [0.05, 0.1) is 12.0 Å². The van der Waals surface area contributed by atoms with Crippen LogP contribution in [0.25, 0.3) is 0 Å². The van der Waals surface area contributed by atoms with Crippen LogP contribution in [0, 0.1) is 17.8 Å². The number of hydrogen-bond acceptors (Lipinski definition) is 4. The molecule has 0 heterocycles. The lowest BCUT2D eigenvalue weighted by Gasteiger charge is -2.30. The van der Waals surface area contributed by atoms with Gasteiger partial charge in [0.2, 0.25) is 5.91 Å². The lowest BCUT2D eigenvalue weighted by molar-refractivity contribution is -0.398. The average Bonchev–Trinajstić information content (AvgIpc) is 2.49. The molecule has 7 nitrogen and oxygen atoms in total. The standard InChI is InChI=1S/C16H29N3O4/c1-9(2)13(16(22)23)19-15(21)12-6-4-11(5-7-12)8-18-14(20)10(3)17/h9-13H,4-8,17H2,1-3H3,(H,18,20)(H,19,21)(H,22,23)/t10-,11?,12?,13+/m1/s1. The zero-order valence-corrected chi connectivity index (χ0v) is 14.3. The molecule has 1 aliphatic carbocycles. The number of amides is 2. The first kappa shape index (κ1) is 19.4. The quantitative estimate of drug-likeness (QED) is 0.522.